The Bertz CT molecular complexity index is 980. The fraction of sp³-hybridized carbons (Fsp3) is 0.458. The van der Waals surface area contributed by atoms with E-state index in [1.54, 1.807) is 18.2 Å². The lowest BCUT2D eigenvalue weighted by Gasteiger charge is -2.33. The van der Waals surface area contributed by atoms with Crippen LogP contribution in [0.3, 0.4) is 0 Å². The summed E-state index contributed by atoms with van der Waals surface area (Å²) in [6.07, 6.45) is -1.50. The van der Waals surface area contributed by atoms with Gasteiger partial charge in [-0.2, -0.15) is 13.2 Å². The highest BCUT2D eigenvalue weighted by Crippen LogP contribution is 2.32. The number of pyridine rings is 1. The zero-order valence-corrected chi connectivity index (χ0v) is 19.0. The number of nitrogens with one attached hydrogen (secondary N) is 1. The number of carbonyl (C=O) groups excluding carboxylic acids is 2. The van der Waals surface area contributed by atoms with Gasteiger partial charge in [-0.25, -0.2) is 4.98 Å². The summed E-state index contributed by atoms with van der Waals surface area (Å²) in [5.74, 6) is -0.0219. The molecule has 2 amide bonds. The Morgan fingerprint density at radius 3 is 2.48 bits per heavy atom. The molecule has 2 aromatic rings. The predicted octanol–water partition coefficient (Wildman–Crippen LogP) is 4.52. The number of benzene rings is 1. The number of nitrogens with zero attached hydrogens (tertiary/aromatic N) is 3. The average Bonchev–Trinajstić information content (AvgIpc) is 2.73. The molecule has 1 aliphatic rings. The van der Waals surface area contributed by atoms with Gasteiger partial charge < -0.3 is 5.32 Å². The number of hydrogen-bond acceptors (Lipinski definition) is 4. The van der Waals surface area contributed by atoms with E-state index in [1.165, 1.54) is 0 Å². The molecule has 0 spiro atoms. The third kappa shape index (κ3) is 6.77. The Labute approximate surface area is 191 Å². The van der Waals surface area contributed by atoms with E-state index >= 15 is 0 Å². The predicted molar refractivity (Wildman–Crippen MR) is 120 cm³/mol. The smallest absolute Gasteiger partial charge is 0.351 e. The van der Waals surface area contributed by atoms with Gasteiger partial charge in [0.25, 0.3) is 0 Å². The first kappa shape index (κ1) is 24.7. The minimum absolute atomic E-state index is 0.00986. The molecule has 6 nitrogen and oxygen atoms in total. The molecule has 1 aromatic heterocycles. The van der Waals surface area contributed by atoms with Crippen LogP contribution < -0.4 is 10.2 Å². The number of carbonyl (C=O) groups is 2. The first-order valence-corrected chi connectivity index (χ1v) is 10.9. The summed E-state index contributed by atoms with van der Waals surface area (Å²) in [6.45, 7) is 8.03. The fourth-order valence-corrected chi connectivity index (χ4v) is 3.86. The average molecular weight is 463 g/mol. The van der Waals surface area contributed by atoms with E-state index < -0.39 is 11.7 Å². The van der Waals surface area contributed by atoms with Crippen LogP contribution in [0.25, 0.3) is 0 Å². The molecule has 0 bridgehead atoms. The van der Waals surface area contributed by atoms with Gasteiger partial charge in [0.2, 0.25) is 12.3 Å². The van der Waals surface area contributed by atoms with Crippen LogP contribution in [-0.4, -0.2) is 40.8 Å². The molecular formula is C24H29F3N4O2. The SMILES string of the molecule is CC(C)(C)NC(=O)C1CCN(Cc2cccc(N(C=O)c3cc(C(F)(F)F)ccn3)c2)CC1. The van der Waals surface area contributed by atoms with E-state index in [9.17, 15) is 22.8 Å². The quantitative estimate of drug-likeness (QED) is 0.641. The fourth-order valence-electron chi connectivity index (χ4n) is 3.86. The van der Waals surface area contributed by atoms with Gasteiger partial charge in [0.15, 0.2) is 0 Å². The van der Waals surface area contributed by atoms with Crippen LogP contribution in [0, 0.1) is 5.92 Å². The molecular weight excluding hydrogens is 433 g/mol. The molecule has 0 aliphatic carbocycles. The molecule has 1 N–H and O–H groups in total. The molecule has 1 saturated heterocycles. The van der Waals surface area contributed by atoms with Crippen molar-refractivity contribution in [1.82, 2.24) is 15.2 Å². The van der Waals surface area contributed by atoms with Crippen molar-refractivity contribution < 1.29 is 22.8 Å². The van der Waals surface area contributed by atoms with Crippen molar-refractivity contribution >= 4 is 23.8 Å². The van der Waals surface area contributed by atoms with E-state index in [4.69, 9.17) is 0 Å². The van der Waals surface area contributed by atoms with Crippen LogP contribution in [0.15, 0.2) is 42.6 Å². The standard InChI is InChI=1S/C24H29F3N4O2/c1-23(2,3)29-22(33)18-8-11-30(12-9-18)15-17-5-4-6-20(13-17)31(16-32)21-14-19(7-10-28-21)24(25,26)27/h4-7,10,13-14,16,18H,8-9,11-12,15H2,1-3H3,(H,29,33). The molecule has 0 unspecified atom stereocenters. The zero-order chi connectivity index (χ0) is 24.2. The highest BCUT2D eigenvalue weighted by molar-refractivity contribution is 5.85. The zero-order valence-electron chi connectivity index (χ0n) is 19.0. The molecule has 0 atom stereocenters. The van der Waals surface area contributed by atoms with Crippen LogP contribution in [0.2, 0.25) is 0 Å². The van der Waals surface area contributed by atoms with E-state index in [2.05, 4.69) is 15.2 Å². The Balaban J connectivity index is 1.67. The highest BCUT2D eigenvalue weighted by atomic mass is 19.4. The van der Waals surface area contributed by atoms with Crippen LogP contribution >= 0.6 is 0 Å². The van der Waals surface area contributed by atoms with E-state index in [0.717, 1.165) is 54.7 Å². The largest absolute Gasteiger partial charge is 0.416 e. The molecule has 2 heterocycles. The van der Waals surface area contributed by atoms with Crippen molar-refractivity contribution in [1.29, 1.82) is 0 Å². The van der Waals surface area contributed by atoms with Gasteiger partial charge in [-0.3, -0.25) is 19.4 Å². The maximum absolute atomic E-state index is 13.1. The number of piperidine rings is 1. The van der Waals surface area contributed by atoms with Crippen LogP contribution in [0.5, 0.6) is 0 Å². The van der Waals surface area contributed by atoms with Crippen molar-refractivity contribution in [2.45, 2.75) is 51.9 Å². The van der Waals surface area contributed by atoms with Gasteiger partial charge in [0, 0.05) is 24.2 Å². The van der Waals surface area contributed by atoms with Gasteiger partial charge in [-0.1, -0.05) is 12.1 Å². The van der Waals surface area contributed by atoms with Crippen LogP contribution in [-0.2, 0) is 22.3 Å². The van der Waals surface area contributed by atoms with E-state index in [1.807, 2.05) is 26.8 Å². The molecule has 0 radical (unpaired) electrons. The van der Waals surface area contributed by atoms with Gasteiger partial charge in [0.05, 0.1) is 11.3 Å². The second kappa shape index (κ2) is 9.91. The van der Waals surface area contributed by atoms with Crippen molar-refractivity contribution in [3.8, 4) is 0 Å². The van der Waals surface area contributed by atoms with Crippen LogP contribution in [0.4, 0.5) is 24.7 Å². The summed E-state index contributed by atoms with van der Waals surface area (Å²) in [6, 6.07) is 8.82. The normalized spacial score (nSPS) is 15.8. The van der Waals surface area contributed by atoms with Crippen molar-refractivity contribution in [2.24, 2.45) is 5.92 Å². The molecule has 1 aliphatic heterocycles. The lowest BCUT2D eigenvalue weighted by Crippen LogP contribution is -2.46. The topological polar surface area (TPSA) is 65.5 Å². The van der Waals surface area contributed by atoms with E-state index in [0.29, 0.717) is 18.6 Å². The number of halogens is 3. The number of alkyl halides is 3. The summed E-state index contributed by atoms with van der Waals surface area (Å²) < 4.78 is 39.2. The lowest BCUT2D eigenvalue weighted by molar-refractivity contribution is -0.137. The molecule has 1 fully saturated rings. The van der Waals surface area contributed by atoms with Gasteiger partial charge >= 0.3 is 6.18 Å². The minimum atomic E-state index is -4.52. The Kier molecular flexibility index (Phi) is 7.41. The van der Waals surface area contributed by atoms with E-state index in [-0.39, 0.29) is 23.2 Å². The third-order valence-corrected chi connectivity index (χ3v) is 5.48. The van der Waals surface area contributed by atoms with Gasteiger partial charge in [-0.05, 0) is 76.5 Å². The van der Waals surface area contributed by atoms with Gasteiger partial charge in [-0.15, -0.1) is 0 Å². The lowest BCUT2D eigenvalue weighted by atomic mass is 9.94. The van der Waals surface area contributed by atoms with Gasteiger partial charge in [0.1, 0.15) is 5.82 Å². The number of aromatic nitrogens is 1. The number of amides is 2. The monoisotopic (exact) mass is 462 g/mol. The minimum Gasteiger partial charge on any atom is -0.351 e. The summed E-state index contributed by atoms with van der Waals surface area (Å²) in [5.41, 5.74) is 0.236. The second-order valence-electron chi connectivity index (χ2n) is 9.34. The Morgan fingerprint density at radius 2 is 1.88 bits per heavy atom. The maximum Gasteiger partial charge on any atom is 0.416 e. The number of hydrogen-bond donors (Lipinski definition) is 1. The van der Waals surface area contributed by atoms with Crippen molar-refractivity contribution in [3.05, 3.63) is 53.7 Å². The molecule has 178 valence electrons. The highest BCUT2D eigenvalue weighted by Gasteiger charge is 2.31. The third-order valence-electron chi connectivity index (χ3n) is 5.48. The molecule has 3 rings (SSSR count). The second-order valence-corrected chi connectivity index (χ2v) is 9.34. The first-order valence-electron chi connectivity index (χ1n) is 10.9. The maximum atomic E-state index is 13.1. The molecule has 1 aromatic carbocycles. The number of rotatable bonds is 6. The number of likely N-dealkylation sites (tertiary alicyclic amines) is 1. The summed E-state index contributed by atoms with van der Waals surface area (Å²) in [4.78, 5) is 31.4. The summed E-state index contributed by atoms with van der Waals surface area (Å²) >= 11 is 0. The number of anilines is 2. The van der Waals surface area contributed by atoms with Crippen molar-refractivity contribution in [2.75, 3.05) is 18.0 Å². The van der Waals surface area contributed by atoms with Crippen LogP contribution in [0.1, 0.15) is 44.7 Å². The van der Waals surface area contributed by atoms with Crippen molar-refractivity contribution in [3.63, 3.8) is 0 Å². The molecule has 0 saturated carbocycles. The Hall–Kier alpha value is -2.94. The molecule has 33 heavy (non-hydrogen) atoms. The summed E-state index contributed by atoms with van der Waals surface area (Å²) in [5, 5.41) is 3.04. The summed E-state index contributed by atoms with van der Waals surface area (Å²) in [7, 11) is 0. The first-order chi connectivity index (χ1) is 15.5. The molecule has 9 heteroatoms. The Morgan fingerprint density at radius 1 is 1.18 bits per heavy atom.